The maximum atomic E-state index is 14.9. The van der Waals surface area contributed by atoms with Crippen molar-refractivity contribution >= 4 is 46.8 Å². The molecule has 0 bridgehead atoms. The number of ether oxygens (including phenoxy) is 2. The fourth-order valence-electron chi connectivity index (χ4n) is 3.50. The highest BCUT2D eigenvalue weighted by molar-refractivity contribution is 7.80. The average Bonchev–Trinajstić information content (AvgIpc) is 3.13. The molecule has 3 amide bonds. The lowest BCUT2D eigenvalue weighted by Crippen LogP contribution is -2.53. The van der Waals surface area contributed by atoms with Gasteiger partial charge in [0.05, 0.1) is 31.1 Å². The number of carbonyl (C=O) groups excluding carboxylic acids is 3. The second-order valence-corrected chi connectivity index (χ2v) is 7.70. The summed E-state index contributed by atoms with van der Waals surface area (Å²) >= 11 is 5.23. The van der Waals surface area contributed by atoms with Crippen molar-refractivity contribution in [3.63, 3.8) is 0 Å². The molecule has 32 heavy (non-hydrogen) atoms. The smallest absolute Gasteiger partial charge is 0.414 e. The van der Waals surface area contributed by atoms with Crippen molar-refractivity contribution in [3.8, 4) is 0 Å². The number of carbonyl (C=O) groups is 3. The molecule has 10 nitrogen and oxygen atoms in total. The van der Waals surface area contributed by atoms with E-state index in [1.165, 1.54) is 17.9 Å². The number of piperazine rings is 1. The Balaban J connectivity index is 1.57. The molecule has 1 aromatic rings. The number of benzene rings is 1. The van der Waals surface area contributed by atoms with Crippen molar-refractivity contribution in [2.75, 3.05) is 55.7 Å². The second-order valence-electron chi connectivity index (χ2n) is 7.31. The Hall–Kier alpha value is -3.15. The third-order valence-electron chi connectivity index (χ3n) is 5.09. The van der Waals surface area contributed by atoms with Crippen LogP contribution in [0.3, 0.4) is 0 Å². The fraction of sp³-hybridized carbons (Fsp3) is 0.500. The van der Waals surface area contributed by atoms with Crippen LogP contribution < -0.4 is 20.4 Å². The first-order valence-corrected chi connectivity index (χ1v) is 10.7. The van der Waals surface area contributed by atoms with Gasteiger partial charge in [0.1, 0.15) is 11.9 Å². The molecule has 12 heteroatoms. The molecule has 2 aliphatic heterocycles. The van der Waals surface area contributed by atoms with Gasteiger partial charge in [-0.25, -0.2) is 14.0 Å². The van der Waals surface area contributed by atoms with E-state index >= 15 is 0 Å². The van der Waals surface area contributed by atoms with Crippen LogP contribution in [0.25, 0.3) is 0 Å². The summed E-state index contributed by atoms with van der Waals surface area (Å²) in [5.41, 5.74) is 0.806. The quantitative estimate of drug-likeness (QED) is 0.627. The van der Waals surface area contributed by atoms with Crippen LogP contribution in [0.4, 0.5) is 25.4 Å². The highest BCUT2D eigenvalue weighted by atomic mass is 32.1. The molecule has 174 valence electrons. The Morgan fingerprint density at radius 2 is 2.00 bits per heavy atom. The minimum absolute atomic E-state index is 0.204. The number of halogens is 1. The number of cyclic esters (lactones) is 1. The van der Waals surface area contributed by atoms with Crippen molar-refractivity contribution in [2.45, 2.75) is 20.0 Å². The number of hydrogen-bond acceptors (Lipinski definition) is 7. The molecule has 1 aromatic carbocycles. The number of nitrogens with zero attached hydrogens (tertiary/aromatic N) is 3. The zero-order chi connectivity index (χ0) is 23.3. The van der Waals surface area contributed by atoms with E-state index in [1.807, 2.05) is 9.80 Å². The van der Waals surface area contributed by atoms with Crippen LogP contribution in [0.5, 0.6) is 0 Å². The van der Waals surface area contributed by atoms with Crippen molar-refractivity contribution in [1.29, 1.82) is 0 Å². The van der Waals surface area contributed by atoms with Crippen LogP contribution >= 0.6 is 12.2 Å². The Bertz CT molecular complexity index is 893. The minimum atomic E-state index is -0.596. The Labute approximate surface area is 190 Å². The normalized spacial score (nSPS) is 18.3. The van der Waals surface area contributed by atoms with Crippen molar-refractivity contribution < 1.29 is 28.2 Å². The molecule has 1 atom stereocenters. The summed E-state index contributed by atoms with van der Waals surface area (Å²) in [6.45, 7) is 5.80. The SMILES string of the molecule is CCOC(=O)NC(=S)N1CCN(c2ccc(N3C[C@H](CNC(C)=O)OC3=O)cc2F)CC1. The van der Waals surface area contributed by atoms with Crippen LogP contribution in [0.1, 0.15) is 13.8 Å². The van der Waals surface area contributed by atoms with Gasteiger partial charge >= 0.3 is 12.2 Å². The number of anilines is 2. The molecular formula is C20H26FN5O5S. The number of rotatable bonds is 5. The van der Waals surface area contributed by atoms with E-state index in [2.05, 4.69) is 10.6 Å². The van der Waals surface area contributed by atoms with E-state index < -0.39 is 24.1 Å². The van der Waals surface area contributed by atoms with Crippen LogP contribution in [0.2, 0.25) is 0 Å². The largest absolute Gasteiger partial charge is 0.450 e. The monoisotopic (exact) mass is 467 g/mol. The van der Waals surface area contributed by atoms with Gasteiger partial charge in [0.2, 0.25) is 5.91 Å². The third-order valence-corrected chi connectivity index (χ3v) is 5.45. The van der Waals surface area contributed by atoms with E-state index in [0.717, 1.165) is 0 Å². The van der Waals surface area contributed by atoms with Gasteiger partial charge in [0.25, 0.3) is 0 Å². The zero-order valence-electron chi connectivity index (χ0n) is 17.9. The second kappa shape index (κ2) is 10.4. The third kappa shape index (κ3) is 5.75. The lowest BCUT2D eigenvalue weighted by molar-refractivity contribution is -0.119. The highest BCUT2D eigenvalue weighted by Crippen LogP contribution is 2.28. The van der Waals surface area contributed by atoms with E-state index in [0.29, 0.717) is 37.6 Å². The maximum Gasteiger partial charge on any atom is 0.414 e. The van der Waals surface area contributed by atoms with E-state index in [9.17, 15) is 18.8 Å². The summed E-state index contributed by atoms with van der Waals surface area (Å²) in [5.74, 6) is -0.672. The van der Waals surface area contributed by atoms with Crippen molar-refractivity contribution in [2.24, 2.45) is 0 Å². The number of amides is 3. The number of alkyl carbamates (subject to hydrolysis) is 1. The fourth-order valence-corrected chi connectivity index (χ4v) is 3.77. The van der Waals surface area contributed by atoms with Crippen LogP contribution in [0.15, 0.2) is 18.2 Å². The predicted molar refractivity (Wildman–Crippen MR) is 119 cm³/mol. The summed E-state index contributed by atoms with van der Waals surface area (Å²) in [5, 5.41) is 5.39. The van der Waals surface area contributed by atoms with Gasteiger partial charge in [0, 0.05) is 33.1 Å². The minimum Gasteiger partial charge on any atom is -0.450 e. The standard InChI is InChI=1S/C20H26FN5O5S/c1-3-30-19(28)23-18(32)25-8-6-24(7-9-25)17-5-4-14(10-16(17)21)26-12-15(31-20(26)29)11-22-13(2)27/h4-5,10,15H,3,6-9,11-12H2,1-2H3,(H,22,27)(H,23,28,32)/t15-/m0/s1. The van der Waals surface area contributed by atoms with E-state index in [-0.39, 0.29) is 30.7 Å². The van der Waals surface area contributed by atoms with Crippen LogP contribution in [-0.2, 0) is 14.3 Å². The van der Waals surface area contributed by atoms with Gasteiger partial charge in [-0.3, -0.25) is 15.0 Å². The molecule has 2 N–H and O–H groups in total. The van der Waals surface area contributed by atoms with Gasteiger partial charge in [-0.05, 0) is 37.3 Å². The molecule has 2 aliphatic rings. The molecule has 0 aliphatic carbocycles. The van der Waals surface area contributed by atoms with Gasteiger partial charge in [-0.2, -0.15) is 0 Å². The molecule has 0 saturated carbocycles. The molecule has 2 heterocycles. The Morgan fingerprint density at radius 3 is 2.62 bits per heavy atom. The molecule has 0 aromatic heterocycles. The lowest BCUT2D eigenvalue weighted by Gasteiger charge is -2.37. The summed E-state index contributed by atoms with van der Waals surface area (Å²) < 4.78 is 24.9. The van der Waals surface area contributed by atoms with Gasteiger partial charge in [-0.1, -0.05) is 0 Å². The predicted octanol–water partition coefficient (Wildman–Crippen LogP) is 1.44. The summed E-state index contributed by atoms with van der Waals surface area (Å²) in [7, 11) is 0. The lowest BCUT2D eigenvalue weighted by atomic mass is 10.2. The molecule has 3 rings (SSSR count). The Kier molecular flexibility index (Phi) is 7.67. The Morgan fingerprint density at radius 1 is 1.28 bits per heavy atom. The molecule has 0 spiro atoms. The molecule has 0 radical (unpaired) electrons. The molecule has 2 fully saturated rings. The molecule has 2 saturated heterocycles. The van der Waals surface area contributed by atoms with Crippen LogP contribution in [-0.4, -0.2) is 80.1 Å². The van der Waals surface area contributed by atoms with Gasteiger partial charge in [-0.15, -0.1) is 0 Å². The van der Waals surface area contributed by atoms with Crippen LogP contribution in [0, 0.1) is 5.82 Å². The number of hydrogen-bond donors (Lipinski definition) is 2. The summed E-state index contributed by atoms with van der Waals surface area (Å²) in [6.07, 6.45) is -1.67. The van der Waals surface area contributed by atoms with Gasteiger partial charge in [0.15, 0.2) is 5.11 Å². The highest BCUT2D eigenvalue weighted by Gasteiger charge is 2.33. The zero-order valence-corrected chi connectivity index (χ0v) is 18.7. The van der Waals surface area contributed by atoms with E-state index in [4.69, 9.17) is 21.7 Å². The molecular weight excluding hydrogens is 441 g/mol. The number of thiocarbonyl (C=S) groups is 1. The first-order chi connectivity index (χ1) is 15.3. The molecule has 0 unspecified atom stereocenters. The van der Waals surface area contributed by atoms with Crippen molar-refractivity contribution in [1.82, 2.24) is 15.5 Å². The first kappa shape index (κ1) is 23.5. The number of nitrogens with one attached hydrogen (secondary N) is 2. The van der Waals surface area contributed by atoms with E-state index in [1.54, 1.807) is 19.1 Å². The van der Waals surface area contributed by atoms with Gasteiger partial charge < -0.3 is 24.6 Å². The first-order valence-electron chi connectivity index (χ1n) is 10.3. The topological polar surface area (TPSA) is 103 Å². The maximum absolute atomic E-state index is 14.9. The summed E-state index contributed by atoms with van der Waals surface area (Å²) in [6, 6.07) is 4.60. The average molecular weight is 468 g/mol. The van der Waals surface area contributed by atoms with Crippen molar-refractivity contribution in [3.05, 3.63) is 24.0 Å². The summed E-state index contributed by atoms with van der Waals surface area (Å²) in [4.78, 5) is 39.8.